The zero-order valence-electron chi connectivity index (χ0n) is 14.6. The van der Waals surface area contributed by atoms with Gasteiger partial charge in [0.25, 0.3) is 5.91 Å². The fourth-order valence-corrected chi connectivity index (χ4v) is 2.98. The predicted molar refractivity (Wildman–Crippen MR) is 99.4 cm³/mol. The lowest BCUT2D eigenvalue weighted by atomic mass is 10.0. The largest absolute Gasteiger partial charge is 0.487 e. The van der Waals surface area contributed by atoms with Crippen LogP contribution < -0.4 is 9.64 Å². The van der Waals surface area contributed by atoms with E-state index < -0.39 is 0 Å². The Balaban J connectivity index is 1.55. The molecule has 0 saturated heterocycles. The average molecular weight is 345 g/mol. The monoisotopic (exact) mass is 345 g/mol. The van der Waals surface area contributed by atoms with E-state index in [-0.39, 0.29) is 5.91 Å². The summed E-state index contributed by atoms with van der Waals surface area (Å²) in [4.78, 5) is 23.4. The van der Waals surface area contributed by atoms with Crippen LogP contribution in [0, 0.1) is 6.92 Å². The van der Waals surface area contributed by atoms with Gasteiger partial charge in [-0.25, -0.2) is 4.98 Å². The van der Waals surface area contributed by atoms with Gasteiger partial charge < -0.3 is 4.74 Å². The fourth-order valence-electron chi connectivity index (χ4n) is 2.98. The van der Waals surface area contributed by atoms with Crippen molar-refractivity contribution in [2.75, 3.05) is 11.4 Å². The maximum atomic E-state index is 12.9. The number of fused-ring (bicyclic) bond motifs is 1. The number of amides is 1. The van der Waals surface area contributed by atoms with Crippen molar-refractivity contribution in [2.45, 2.75) is 20.0 Å². The second-order valence-electron chi connectivity index (χ2n) is 6.34. The summed E-state index contributed by atoms with van der Waals surface area (Å²) in [6.07, 6.45) is 4.17. The van der Waals surface area contributed by atoms with Gasteiger partial charge in [0.1, 0.15) is 18.2 Å². The van der Waals surface area contributed by atoms with Gasteiger partial charge in [0, 0.05) is 19.2 Å². The van der Waals surface area contributed by atoms with Crippen molar-refractivity contribution < 1.29 is 9.53 Å². The Kier molecular flexibility index (Phi) is 4.35. The number of anilines is 1. The molecule has 5 nitrogen and oxygen atoms in total. The number of benzene rings is 1. The predicted octanol–water partition coefficient (Wildman–Crippen LogP) is 3.57. The summed E-state index contributed by atoms with van der Waals surface area (Å²) in [5.41, 5.74) is 3.54. The number of pyridine rings is 2. The zero-order valence-corrected chi connectivity index (χ0v) is 14.6. The lowest BCUT2D eigenvalue weighted by molar-refractivity contribution is 0.0978. The normalized spacial score (nSPS) is 13.4. The minimum Gasteiger partial charge on any atom is -0.487 e. The van der Waals surface area contributed by atoms with Crippen LogP contribution in [0.1, 0.15) is 27.2 Å². The van der Waals surface area contributed by atoms with Crippen LogP contribution in [0.3, 0.4) is 0 Å². The van der Waals surface area contributed by atoms with Crippen LogP contribution in [-0.2, 0) is 13.0 Å². The molecule has 0 unspecified atom stereocenters. The Morgan fingerprint density at radius 3 is 2.69 bits per heavy atom. The second kappa shape index (κ2) is 6.96. The van der Waals surface area contributed by atoms with E-state index in [9.17, 15) is 4.79 Å². The van der Waals surface area contributed by atoms with Gasteiger partial charge in [0.15, 0.2) is 0 Å². The van der Waals surface area contributed by atoms with Crippen LogP contribution >= 0.6 is 0 Å². The van der Waals surface area contributed by atoms with Gasteiger partial charge in [-0.05, 0) is 30.2 Å². The molecule has 130 valence electrons. The number of nitrogens with zero attached hydrogens (tertiary/aromatic N) is 3. The van der Waals surface area contributed by atoms with Crippen LogP contribution in [0.4, 0.5) is 5.82 Å². The van der Waals surface area contributed by atoms with Gasteiger partial charge in [-0.15, -0.1) is 0 Å². The average Bonchev–Trinajstić information content (AvgIpc) is 2.69. The minimum atomic E-state index is -0.0831. The van der Waals surface area contributed by atoms with Gasteiger partial charge in [0.05, 0.1) is 17.5 Å². The number of carbonyl (C=O) groups is 1. The molecule has 26 heavy (non-hydrogen) atoms. The molecule has 1 aromatic carbocycles. The molecule has 1 aliphatic rings. The van der Waals surface area contributed by atoms with E-state index in [0.717, 1.165) is 16.8 Å². The highest BCUT2D eigenvalue weighted by molar-refractivity contribution is 6.07. The van der Waals surface area contributed by atoms with Crippen LogP contribution in [0.2, 0.25) is 0 Å². The number of hydrogen-bond acceptors (Lipinski definition) is 4. The first kappa shape index (κ1) is 16.3. The Morgan fingerprint density at radius 1 is 1.08 bits per heavy atom. The molecule has 0 radical (unpaired) electrons. The van der Waals surface area contributed by atoms with Crippen molar-refractivity contribution >= 4 is 11.7 Å². The van der Waals surface area contributed by atoms with Crippen molar-refractivity contribution in [3.8, 4) is 5.75 Å². The molecule has 3 heterocycles. The van der Waals surface area contributed by atoms with Gasteiger partial charge in [0.2, 0.25) is 0 Å². The number of aryl methyl sites for hydroxylation is 1. The summed E-state index contributed by atoms with van der Waals surface area (Å²) in [5.74, 6) is 1.18. The number of carbonyl (C=O) groups excluding carboxylic acids is 1. The Bertz CT molecular complexity index is 924. The molecule has 0 saturated carbocycles. The third-order valence-electron chi connectivity index (χ3n) is 4.41. The fraction of sp³-hybridized carbons (Fsp3) is 0.190. The number of rotatable bonds is 4. The van der Waals surface area contributed by atoms with E-state index in [0.29, 0.717) is 36.7 Å². The molecule has 5 heteroatoms. The topological polar surface area (TPSA) is 55.3 Å². The van der Waals surface area contributed by atoms with E-state index in [2.05, 4.69) is 9.97 Å². The first-order chi connectivity index (χ1) is 12.7. The molecule has 0 fully saturated rings. The third kappa shape index (κ3) is 3.28. The number of ether oxygens (including phenoxy) is 1. The van der Waals surface area contributed by atoms with Gasteiger partial charge in [-0.3, -0.25) is 14.7 Å². The van der Waals surface area contributed by atoms with Gasteiger partial charge in [-0.2, -0.15) is 0 Å². The molecule has 0 spiro atoms. The highest BCUT2D eigenvalue weighted by atomic mass is 16.5. The van der Waals surface area contributed by atoms with Crippen LogP contribution in [0.25, 0.3) is 0 Å². The summed E-state index contributed by atoms with van der Waals surface area (Å²) in [6.45, 7) is 3.00. The molecular weight excluding hydrogens is 326 g/mol. The summed E-state index contributed by atoms with van der Waals surface area (Å²) in [7, 11) is 0. The van der Waals surface area contributed by atoms with Crippen LogP contribution in [0.15, 0.2) is 60.9 Å². The van der Waals surface area contributed by atoms with Crippen LogP contribution in [-0.4, -0.2) is 22.4 Å². The van der Waals surface area contributed by atoms with E-state index in [1.807, 2.05) is 49.4 Å². The van der Waals surface area contributed by atoms with E-state index >= 15 is 0 Å². The summed E-state index contributed by atoms with van der Waals surface area (Å²) < 4.78 is 5.81. The maximum absolute atomic E-state index is 12.9. The van der Waals surface area contributed by atoms with Crippen molar-refractivity contribution in [2.24, 2.45) is 0 Å². The quantitative estimate of drug-likeness (QED) is 0.725. The SMILES string of the molecule is Cc1ccc(N2CCc3ncc(OCc4ccccc4)cc3C2=O)nc1. The highest BCUT2D eigenvalue weighted by Gasteiger charge is 2.27. The molecular formula is C21H19N3O2. The van der Waals surface area contributed by atoms with Crippen molar-refractivity contribution in [1.29, 1.82) is 0 Å². The Labute approximate surface area is 152 Å². The molecule has 0 atom stereocenters. The van der Waals surface area contributed by atoms with Crippen LogP contribution in [0.5, 0.6) is 5.75 Å². The van der Waals surface area contributed by atoms with Crippen molar-refractivity contribution in [1.82, 2.24) is 9.97 Å². The standard InChI is InChI=1S/C21H19N3O2/c1-15-7-8-20(23-12-15)24-10-9-19-18(21(24)25)11-17(13-22-19)26-14-16-5-3-2-4-6-16/h2-8,11-13H,9-10,14H2,1H3. The Hall–Kier alpha value is -3.21. The molecule has 1 amide bonds. The van der Waals surface area contributed by atoms with Gasteiger partial charge in [-0.1, -0.05) is 36.4 Å². The summed E-state index contributed by atoms with van der Waals surface area (Å²) in [5, 5.41) is 0. The third-order valence-corrected chi connectivity index (χ3v) is 4.41. The summed E-state index contributed by atoms with van der Waals surface area (Å²) in [6, 6.07) is 15.5. The maximum Gasteiger partial charge on any atom is 0.261 e. The number of aromatic nitrogens is 2. The minimum absolute atomic E-state index is 0.0831. The molecule has 0 bridgehead atoms. The second-order valence-corrected chi connectivity index (χ2v) is 6.34. The van der Waals surface area contributed by atoms with E-state index in [4.69, 9.17) is 4.74 Å². The lowest BCUT2D eigenvalue weighted by Gasteiger charge is -2.27. The van der Waals surface area contributed by atoms with E-state index in [1.165, 1.54) is 0 Å². The first-order valence-electron chi connectivity index (χ1n) is 8.61. The van der Waals surface area contributed by atoms with Crippen molar-refractivity contribution in [3.63, 3.8) is 0 Å². The molecule has 4 rings (SSSR count). The van der Waals surface area contributed by atoms with Crippen molar-refractivity contribution in [3.05, 3.63) is 83.3 Å². The zero-order chi connectivity index (χ0) is 17.9. The highest BCUT2D eigenvalue weighted by Crippen LogP contribution is 2.25. The number of hydrogen-bond donors (Lipinski definition) is 0. The van der Waals surface area contributed by atoms with E-state index in [1.54, 1.807) is 23.4 Å². The van der Waals surface area contributed by atoms with Gasteiger partial charge >= 0.3 is 0 Å². The Morgan fingerprint density at radius 2 is 1.92 bits per heavy atom. The lowest BCUT2D eigenvalue weighted by Crippen LogP contribution is -2.38. The first-order valence-corrected chi connectivity index (χ1v) is 8.61. The molecule has 0 aliphatic carbocycles. The smallest absolute Gasteiger partial charge is 0.261 e. The molecule has 1 aliphatic heterocycles. The molecule has 3 aromatic rings. The summed E-state index contributed by atoms with van der Waals surface area (Å²) >= 11 is 0. The molecule has 2 aromatic heterocycles. The molecule has 0 N–H and O–H groups in total.